The Bertz CT molecular complexity index is 622. The number of benzene rings is 1. The molecule has 2 N–H and O–H groups in total. The minimum atomic E-state index is 0.0194. The molecular formula is C15H16Cl2N4. The second kappa shape index (κ2) is 6.28. The van der Waals surface area contributed by atoms with E-state index in [9.17, 15) is 0 Å². The molecule has 0 amide bonds. The van der Waals surface area contributed by atoms with Crippen LogP contribution in [0.2, 0.25) is 10.0 Å². The molecule has 0 aliphatic carbocycles. The predicted octanol–water partition coefficient (Wildman–Crippen LogP) is 2.67. The summed E-state index contributed by atoms with van der Waals surface area (Å²) in [7, 11) is 0. The molecule has 1 aliphatic rings. The van der Waals surface area contributed by atoms with E-state index in [2.05, 4.69) is 14.9 Å². The van der Waals surface area contributed by atoms with Crippen LogP contribution >= 0.6 is 23.2 Å². The molecular weight excluding hydrogens is 307 g/mol. The first-order valence-corrected chi connectivity index (χ1v) is 7.57. The molecule has 0 saturated heterocycles. The maximum absolute atomic E-state index is 6.26. The molecule has 2 aromatic rings. The van der Waals surface area contributed by atoms with E-state index in [0.29, 0.717) is 10.0 Å². The van der Waals surface area contributed by atoms with E-state index in [-0.39, 0.29) is 6.04 Å². The summed E-state index contributed by atoms with van der Waals surface area (Å²) in [5.41, 5.74) is 9.58. The van der Waals surface area contributed by atoms with E-state index in [1.54, 1.807) is 12.4 Å². The smallest absolute Gasteiger partial charge is 0.115 e. The molecule has 4 nitrogen and oxygen atoms in total. The van der Waals surface area contributed by atoms with E-state index < -0.39 is 0 Å². The minimum Gasteiger partial charge on any atom is -0.326 e. The highest BCUT2D eigenvalue weighted by Gasteiger charge is 2.22. The summed E-state index contributed by atoms with van der Waals surface area (Å²) in [5, 5.41) is 1.32. The van der Waals surface area contributed by atoms with Gasteiger partial charge in [0.2, 0.25) is 0 Å². The molecule has 1 aromatic heterocycles. The van der Waals surface area contributed by atoms with Crippen molar-refractivity contribution in [3.05, 3.63) is 57.6 Å². The number of aromatic nitrogens is 2. The van der Waals surface area contributed by atoms with E-state index in [4.69, 9.17) is 28.9 Å². The fourth-order valence-electron chi connectivity index (χ4n) is 2.66. The molecule has 0 unspecified atom stereocenters. The molecule has 1 aromatic carbocycles. The zero-order chi connectivity index (χ0) is 14.8. The summed E-state index contributed by atoms with van der Waals surface area (Å²) in [6.45, 7) is 2.49. The number of hydrogen-bond acceptors (Lipinski definition) is 4. The van der Waals surface area contributed by atoms with Gasteiger partial charge in [0.1, 0.15) is 6.33 Å². The first-order valence-electron chi connectivity index (χ1n) is 6.81. The summed E-state index contributed by atoms with van der Waals surface area (Å²) in [6.07, 6.45) is 4.20. The molecule has 0 fully saturated rings. The fraction of sp³-hybridized carbons (Fsp3) is 0.333. The SMILES string of the molecule is N[C@H](Cc1ccc(Cl)cc1Cl)CN1Cc2cncnc2C1. The maximum atomic E-state index is 6.26. The van der Waals surface area contributed by atoms with Crippen molar-refractivity contribution in [3.8, 4) is 0 Å². The van der Waals surface area contributed by atoms with Gasteiger partial charge in [0.25, 0.3) is 0 Å². The van der Waals surface area contributed by atoms with Gasteiger partial charge in [0, 0.05) is 47.5 Å². The fourth-order valence-corrected chi connectivity index (χ4v) is 3.15. The lowest BCUT2D eigenvalue weighted by atomic mass is 10.1. The van der Waals surface area contributed by atoms with Gasteiger partial charge in [-0.15, -0.1) is 0 Å². The third-order valence-electron chi connectivity index (χ3n) is 3.64. The van der Waals surface area contributed by atoms with Crippen molar-refractivity contribution in [3.63, 3.8) is 0 Å². The summed E-state index contributed by atoms with van der Waals surface area (Å²) in [5.74, 6) is 0. The van der Waals surface area contributed by atoms with Crippen LogP contribution in [0.15, 0.2) is 30.7 Å². The quantitative estimate of drug-likeness (QED) is 0.940. The Morgan fingerprint density at radius 3 is 2.90 bits per heavy atom. The van der Waals surface area contributed by atoms with Crippen molar-refractivity contribution in [2.24, 2.45) is 5.73 Å². The Labute approximate surface area is 133 Å². The second-order valence-electron chi connectivity index (χ2n) is 5.36. The second-order valence-corrected chi connectivity index (χ2v) is 6.21. The van der Waals surface area contributed by atoms with E-state index in [0.717, 1.165) is 37.3 Å². The Balaban J connectivity index is 1.59. The van der Waals surface area contributed by atoms with Crippen LogP contribution in [-0.4, -0.2) is 27.5 Å². The highest BCUT2D eigenvalue weighted by Crippen LogP contribution is 2.23. The topological polar surface area (TPSA) is 55.0 Å². The Morgan fingerprint density at radius 2 is 2.14 bits per heavy atom. The first-order chi connectivity index (χ1) is 10.1. The maximum Gasteiger partial charge on any atom is 0.115 e. The van der Waals surface area contributed by atoms with E-state index in [1.807, 2.05) is 18.3 Å². The Hall–Kier alpha value is -1.20. The third-order valence-corrected chi connectivity index (χ3v) is 4.23. The molecule has 1 aliphatic heterocycles. The number of rotatable bonds is 4. The van der Waals surface area contributed by atoms with Gasteiger partial charge in [-0.2, -0.15) is 0 Å². The molecule has 110 valence electrons. The monoisotopic (exact) mass is 322 g/mol. The molecule has 21 heavy (non-hydrogen) atoms. The van der Waals surface area contributed by atoms with Crippen LogP contribution in [0.1, 0.15) is 16.8 Å². The number of fused-ring (bicyclic) bond motifs is 1. The summed E-state index contributed by atoms with van der Waals surface area (Å²) < 4.78 is 0. The van der Waals surface area contributed by atoms with Crippen molar-refractivity contribution in [2.75, 3.05) is 6.54 Å². The highest BCUT2D eigenvalue weighted by atomic mass is 35.5. The zero-order valence-electron chi connectivity index (χ0n) is 11.5. The highest BCUT2D eigenvalue weighted by molar-refractivity contribution is 6.35. The molecule has 0 radical (unpaired) electrons. The molecule has 0 saturated carbocycles. The van der Waals surface area contributed by atoms with Crippen molar-refractivity contribution in [1.82, 2.24) is 14.9 Å². The summed E-state index contributed by atoms with van der Waals surface area (Å²) >= 11 is 12.1. The largest absolute Gasteiger partial charge is 0.326 e. The van der Waals surface area contributed by atoms with Gasteiger partial charge in [0.05, 0.1) is 5.69 Å². The lowest BCUT2D eigenvalue weighted by molar-refractivity contribution is 0.262. The lowest BCUT2D eigenvalue weighted by Gasteiger charge is -2.20. The standard InChI is InChI=1S/C15H16Cl2N4/c16-12-2-1-10(14(17)4-12)3-13(18)7-21-6-11-5-19-9-20-15(11)8-21/h1-2,4-5,9,13H,3,6-8,18H2/t13-/m1/s1. The van der Waals surface area contributed by atoms with Crippen molar-refractivity contribution in [1.29, 1.82) is 0 Å². The zero-order valence-corrected chi connectivity index (χ0v) is 13.0. The number of nitrogens with zero attached hydrogens (tertiary/aromatic N) is 3. The third kappa shape index (κ3) is 3.52. The average Bonchev–Trinajstić information content (AvgIpc) is 2.84. The van der Waals surface area contributed by atoms with Crippen LogP contribution in [0.3, 0.4) is 0 Å². The normalized spacial score (nSPS) is 16.0. The van der Waals surface area contributed by atoms with Gasteiger partial charge in [-0.3, -0.25) is 4.90 Å². The van der Waals surface area contributed by atoms with Crippen LogP contribution < -0.4 is 5.73 Å². The Kier molecular flexibility index (Phi) is 4.40. The van der Waals surface area contributed by atoms with Gasteiger partial charge in [-0.05, 0) is 24.1 Å². The average molecular weight is 323 g/mol. The molecule has 2 heterocycles. The van der Waals surface area contributed by atoms with Crippen LogP contribution in [0, 0.1) is 0 Å². The first kappa shape index (κ1) is 14.7. The molecule has 6 heteroatoms. The van der Waals surface area contributed by atoms with Crippen LogP contribution in [0.5, 0.6) is 0 Å². The van der Waals surface area contributed by atoms with Crippen molar-refractivity contribution in [2.45, 2.75) is 25.6 Å². The lowest BCUT2D eigenvalue weighted by Crippen LogP contribution is -2.36. The van der Waals surface area contributed by atoms with Crippen molar-refractivity contribution >= 4 is 23.2 Å². The van der Waals surface area contributed by atoms with Gasteiger partial charge >= 0.3 is 0 Å². The molecule has 0 bridgehead atoms. The van der Waals surface area contributed by atoms with E-state index in [1.165, 1.54) is 5.56 Å². The van der Waals surface area contributed by atoms with Crippen LogP contribution in [-0.2, 0) is 19.5 Å². The van der Waals surface area contributed by atoms with Crippen molar-refractivity contribution < 1.29 is 0 Å². The number of hydrogen-bond donors (Lipinski definition) is 1. The van der Waals surface area contributed by atoms with Gasteiger partial charge < -0.3 is 5.73 Å². The van der Waals surface area contributed by atoms with Gasteiger partial charge in [0.15, 0.2) is 0 Å². The van der Waals surface area contributed by atoms with Gasteiger partial charge in [-0.25, -0.2) is 9.97 Å². The Morgan fingerprint density at radius 1 is 1.29 bits per heavy atom. The molecule has 0 spiro atoms. The number of halogens is 2. The predicted molar refractivity (Wildman–Crippen MR) is 84.3 cm³/mol. The molecule has 3 rings (SSSR count). The number of nitrogens with two attached hydrogens (primary N) is 1. The molecule has 1 atom stereocenters. The summed E-state index contributed by atoms with van der Waals surface area (Å²) in [4.78, 5) is 10.6. The van der Waals surface area contributed by atoms with Gasteiger partial charge in [-0.1, -0.05) is 29.3 Å². The van der Waals surface area contributed by atoms with Crippen LogP contribution in [0.25, 0.3) is 0 Å². The van der Waals surface area contributed by atoms with E-state index >= 15 is 0 Å². The van der Waals surface area contributed by atoms with Crippen LogP contribution in [0.4, 0.5) is 0 Å². The minimum absolute atomic E-state index is 0.0194. The summed E-state index contributed by atoms with van der Waals surface area (Å²) in [6, 6.07) is 5.56.